The standard InChI is InChI=1S/C17H20N2O2/c1-13(19-15-8-10-16(21-2)11-9-15)17(20)18-12-14-6-4-3-5-7-14/h3-11,13,19H,12H2,1-2H3,(H,18,20)/t13-/m0/s1. The fourth-order valence-corrected chi connectivity index (χ4v) is 1.94. The molecule has 4 heteroatoms. The highest BCUT2D eigenvalue weighted by molar-refractivity contribution is 5.84. The molecule has 0 aliphatic heterocycles. The molecule has 0 heterocycles. The molecule has 21 heavy (non-hydrogen) atoms. The highest BCUT2D eigenvalue weighted by Gasteiger charge is 2.11. The largest absolute Gasteiger partial charge is 0.497 e. The highest BCUT2D eigenvalue weighted by atomic mass is 16.5. The van der Waals surface area contributed by atoms with Gasteiger partial charge in [0.05, 0.1) is 7.11 Å². The van der Waals surface area contributed by atoms with E-state index in [-0.39, 0.29) is 11.9 Å². The molecule has 0 fully saturated rings. The molecule has 110 valence electrons. The number of nitrogens with one attached hydrogen (secondary N) is 2. The van der Waals surface area contributed by atoms with E-state index in [2.05, 4.69) is 10.6 Å². The Morgan fingerprint density at radius 3 is 2.38 bits per heavy atom. The van der Waals surface area contributed by atoms with Crippen LogP contribution in [0.15, 0.2) is 54.6 Å². The number of rotatable bonds is 6. The minimum absolute atomic E-state index is 0.0327. The minimum Gasteiger partial charge on any atom is -0.497 e. The van der Waals surface area contributed by atoms with E-state index in [1.807, 2.05) is 61.5 Å². The molecule has 2 rings (SSSR count). The monoisotopic (exact) mass is 284 g/mol. The summed E-state index contributed by atoms with van der Waals surface area (Å²) in [5, 5.41) is 6.08. The molecule has 0 aliphatic carbocycles. The summed E-state index contributed by atoms with van der Waals surface area (Å²) in [7, 11) is 1.63. The van der Waals surface area contributed by atoms with Crippen LogP contribution in [0.5, 0.6) is 5.75 Å². The number of methoxy groups -OCH3 is 1. The summed E-state index contributed by atoms with van der Waals surface area (Å²) in [5.74, 6) is 0.761. The summed E-state index contributed by atoms with van der Waals surface area (Å²) < 4.78 is 5.10. The molecule has 2 aromatic rings. The van der Waals surface area contributed by atoms with Gasteiger partial charge in [0.25, 0.3) is 0 Å². The Hall–Kier alpha value is -2.49. The average molecular weight is 284 g/mol. The van der Waals surface area contributed by atoms with Gasteiger partial charge in [-0.1, -0.05) is 30.3 Å². The van der Waals surface area contributed by atoms with Crippen LogP contribution in [-0.4, -0.2) is 19.1 Å². The summed E-state index contributed by atoms with van der Waals surface area (Å²) in [5.41, 5.74) is 1.97. The number of hydrogen-bond donors (Lipinski definition) is 2. The van der Waals surface area contributed by atoms with Crippen LogP contribution in [0, 0.1) is 0 Å². The third-order valence-electron chi connectivity index (χ3n) is 3.18. The van der Waals surface area contributed by atoms with Crippen molar-refractivity contribution in [1.82, 2.24) is 5.32 Å². The lowest BCUT2D eigenvalue weighted by Gasteiger charge is -2.15. The van der Waals surface area contributed by atoms with E-state index in [9.17, 15) is 4.79 Å². The quantitative estimate of drug-likeness (QED) is 0.857. The van der Waals surface area contributed by atoms with Crippen LogP contribution in [-0.2, 0) is 11.3 Å². The number of hydrogen-bond acceptors (Lipinski definition) is 3. The topological polar surface area (TPSA) is 50.4 Å². The molecule has 1 amide bonds. The lowest BCUT2D eigenvalue weighted by molar-refractivity contribution is -0.121. The number of benzene rings is 2. The van der Waals surface area contributed by atoms with Crippen LogP contribution < -0.4 is 15.4 Å². The Kier molecular flexibility index (Phi) is 5.21. The predicted octanol–water partition coefficient (Wildman–Crippen LogP) is 2.81. The van der Waals surface area contributed by atoms with Gasteiger partial charge in [-0.15, -0.1) is 0 Å². The molecule has 0 spiro atoms. The molecular formula is C17H20N2O2. The fraction of sp³-hybridized carbons (Fsp3) is 0.235. The Labute approximate surface area is 125 Å². The SMILES string of the molecule is COc1ccc(N[C@@H](C)C(=O)NCc2ccccc2)cc1. The predicted molar refractivity (Wildman–Crippen MR) is 84.4 cm³/mol. The van der Waals surface area contributed by atoms with Crippen LogP contribution >= 0.6 is 0 Å². The van der Waals surface area contributed by atoms with Gasteiger partial charge in [0.1, 0.15) is 11.8 Å². The summed E-state index contributed by atoms with van der Waals surface area (Å²) in [4.78, 5) is 12.0. The van der Waals surface area contributed by atoms with Crippen molar-refractivity contribution in [2.75, 3.05) is 12.4 Å². The van der Waals surface area contributed by atoms with Crippen molar-refractivity contribution in [3.63, 3.8) is 0 Å². The number of ether oxygens (including phenoxy) is 1. The van der Waals surface area contributed by atoms with E-state index in [0.717, 1.165) is 17.0 Å². The first-order valence-corrected chi connectivity index (χ1v) is 6.91. The smallest absolute Gasteiger partial charge is 0.242 e. The number of carbonyl (C=O) groups excluding carboxylic acids is 1. The van der Waals surface area contributed by atoms with E-state index in [1.165, 1.54) is 0 Å². The maximum Gasteiger partial charge on any atom is 0.242 e. The van der Waals surface area contributed by atoms with Gasteiger partial charge in [-0.2, -0.15) is 0 Å². The molecule has 0 aromatic heterocycles. The molecule has 0 unspecified atom stereocenters. The van der Waals surface area contributed by atoms with Crippen LogP contribution in [0.2, 0.25) is 0 Å². The van der Waals surface area contributed by atoms with Crippen molar-refractivity contribution in [1.29, 1.82) is 0 Å². The molecule has 1 atom stereocenters. The maximum absolute atomic E-state index is 12.0. The second-order valence-electron chi connectivity index (χ2n) is 4.80. The second kappa shape index (κ2) is 7.33. The van der Waals surface area contributed by atoms with Gasteiger partial charge in [-0.05, 0) is 36.8 Å². The highest BCUT2D eigenvalue weighted by Crippen LogP contribution is 2.15. The van der Waals surface area contributed by atoms with Crippen LogP contribution in [0.4, 0.5) is 5.69 Å². The number of anilines is 1. The third-order valence-corrected chi connectivity index (χ3v) is 3.18. The van der Waals surface area contributed by atoms with E-state index in [0.29, 0.717) is 6.54 Å². The van der Waals surface area contributed by atoms with Crippen LogP contribution in [0.1, 0.15) is 12.5 Å². The molecule has 0 bridgehead atoms. The van der Waals surface area contributed by atoms with Gasteiger partial charge in [-0.3, -0.25) is 4.79 Å². The van der Waals surface area contributed by atoms with E-state index < -0.39 is 0 Å². The van der Waals surface area contributed by atoms with Crippen molar-refractivity contribution in [2.24, 2.45) is 0 Å². The normalized spacial score (nSPS) is 11.5. The zero-order valence-electron chi connectivity index (χ0n) is 12.3. The molecule has 2 aromatic carbocycles. The molecular weight excluding hydrogens is 264 g/mol. The van der Waals surface area contributed by atoms with Gasteiger partial charge in [0, 0.05) is 12.2 Å². The lowest BCUT2D eigenvalue weighted by atomic mass is 10.2. The first kappa shape index (κ1) is 14.9. The van der Waals surface area contributed by atoms with E-state index in [4.69, 9.17) is 4.74 Å². The molecule has 0 saturated heterocycles. The minimum atomic E-state index is -0.304. The lowest BCUT2D eigenvalue weighted by Crippen LogP contribution is -2.37. The third kappa shape index (κ3) is 4.53. The van der Waals surface area contributed by atoms with Crippen LogP contribution in [0.25, 0.3) is 0 Å². The van der Waals surface area contributed by atoms with Crippen molar-refractivity contribution >= 4 is 11.6 Å². The van der Waals surface area contributed by atoms with Gasteiger partial charge in [0.2, 0.25) is 5.91 Å². The van der Waals surface area contributed by atoms with Gasteiger partial charge < -0.3 is 15.4 Å². The first-order valence-electron chi connectivity index (χ1n) is 6.91. The summed E-state index contributed by atoms with van der Waals surface area (Å²) in [6, 6.07) is 17.0. The summed E-state index contributed by atoms with van der Waals surface area (Å²) in [6.07, 6.45) is 0. The molecule has 0 saturated carbocycles. The summed E-state index contributed by atoms with van der Waals surface area (Å²) in [6.45, 7) is 2.37. The van der Waals surface area contributed by atoms with Crippen molar-refractivity contribution in [3.05, 3.63) is 60.2 Å². The number of amides is 1. The Morgan fingerprint density at radius 2 is 1.76 bits per heavy atom. The Morgan fingerprint density at radius 1 is 1.10 bits per heavy atom. The van der Waals surface area contributed by atoms with Gasteiger partial charge in [-0.25, -0.2) is 0 Å². The van der Waals surface area contributed by atoms with E-state index in [1.54, 1.807) is 7.11 Å². The van der Waals surface area contributed by atoms with E-state index >= 15 is 0 Å². The number of carbonyl (C=O) groups is 1. The Bertz CT molecular complexity index is 567. The zero-order chi connectivity index (χ0) is 15.1. The molecule has 0 aliphatic rings. The van der Waals surface area contributed by atoms with Crippen molar-refractivity contribution < 1.29 is 9.53 Å². The average Bonchev–Trinajstić information content (AvgIpc) is 2.54. The fourth-order valence-electron chi connectivity index (χ4n) is 1.94. The molecule has 0 radical (unpaired) electrons. The summed E-state index contributed by atoms with van der Waals surface area (Å²) >= 11 is 0. The van der Waals surface area contributed by atoms with Crippen LogP contribution in [0.3, 0.4) is 0 Å². The zero-order valence-corrected chi connectivity index (χ0v) is 12.3. The molecule has 4 nitrogen and oxygen atoms in total. The van der Waals surface area contributed by atoms with Crippen molar-refractivity contribution in [3.8, 4) is 5.75 Å². The first-order chi connectivity index (χ1) is 10.2. The maximum atomic E-state index is 12.0. The molecule has 2 N–H and O–H groups in total. The van der Waals surface area contributed by atoms with Crippen molar-refractivity contribution in [2.45, 2.75) is 19.5 Å². The second-order valence-corrected chi connectivity index (χ2v) is 4.80. The van der Waals surface area contributed by atoms with Gasteiger partial charge in [0.15, 0.2) is 0 Å². The Balaban J connectivity index is 1.84. The van der Waals surface area contributed by atoms with Gasteiger partial charge >= 0.3 is 0 Å².